The van der Waals surface area contributed by atoms with E-state index in [0.29, 0.717) is 0 Å². The first-order chi connectivity index (χ1) is 4.00. The fraction of sp³-hybridized carbons (Fsp3) is 0.750. The predicted octanol–water partition coefficient (Wildman–Crippen LogP) is -4.00. The van der Waals surface area contributed by atoms with E-state index in [2.05, 4.69) is 12.8 Å². The maximum atomic E-state index is 2.42. The van der Waals surface area contributed by atoms with Crippen molar-refractivity contribution in [2.45, 2.75) is 38.5 Å². The fourth-order valence-corrected chi connectivity index (χ4v) is 1.10. The molecule has 0 nitrogen and oxygen atoms in total. The largest absolute Gasteiger partial charge is 2.00 e. The molecule has 1 aliphatic rings. The van der Waals surface area contributed by atoms with Gasteiger partial charge in [-0.25, -0.2) is 0 Å². The van der Waals surface area contributed by atoms with Crippen molar-refractivity contribution in [1.29, 1.82) is 0 Å². The average Bonchev–Trinajstić information content (AvgIpc) is 1.62. The molecule has 0 unspecified atom stereocenters. The molecule has 1 rings (SSSR count). The number of hydrogen-bond donors (Lipinski definition) is 0. The van der Waals surface area contributed by atoms with Crippen LogP contribution in [0.1, 0.15) is 38.5 Å². The Morgan fingerprint density at radius 1 is 0.583 bits per heavy atom. The molecule has 0 aromatic rings. The molecule has 0 aromatic carbocycles. The molecule has 0 bridgehead atoms. The van der Waals surface area contributed by atoms with Gasteiger partial charge in [-0.3, -0.25) is 0 Å². The molecule has 64 valence electrons. The quantitative estimate of drug-likeness (QED) is 0.315. The van der Waals surface area contributed by atoms with E-state index >= 15 is 0 Å². The van der Waals surface area contributed by atoms with Crippen molar-refractivity contribution in [2.24, 2.45) is 0 Å². The van der Waals surface area contributed by atoms with E-state index in [1.165, 1.54) is 38.5 Å². The maximum Gasteiger partial charge on any atom is 2.00 e. The van der Waals surface area contributed by atoms with E-state index in [0.717, 1.165) is 0 Å². The van der Waals surface area contributed by atoms with Gasteiger partial charge in [0.15, 0.2) is 0 Å². The molecule has 0 heterocycles. The maximum absolute atomic E-state index is 2.42. The third kappa shape index (κ3) is 15.0. The summed E-state index contributed by atoms with van der Waals surface area (Å²) in [5, 5.41) is 0. The molecule has 1 aliphatic carbocycles. The van der Waals surface area contributed by atoms with Gasteiger partial charge in [0.25, 0.3) is 0 Å². The molecule has 0 N–H and O–H groups in total. The summed E-state index contributed by atoms with van der Waals surface area (Å²) in [4.78, 5) is 0. The molecule has 0 aromatic heterocycles. The van der Waals surface area contributed by atoms with Crippen LogP contribution >= 0.6 is 0 Å². The smallest absolute Gasteiger partial charge is 1.00 e. The second-order valence-corrected chi connectivity index (χ2v) is 2.44. The molecule has 0 radical (unpaired) electrons. The second-order valence-electron chi connectivity index (χ2n) is 2.44. The topological polar surface area (TPSA) is 0 Å². The van der Waals surface area contributed by atoms with Crippen LogP contribution in [0.2, 0.25) is 0 Å². The Balaban J connectivity index is -0.0000000800. The summed E-state index contributed by atoms with van der Waals surface area (Å²) < 4.78 is 0. The van der Waals surface area contributed by atoms with Crippen molar-refractivity contribution in [3.8, 4) is 0 Å². The minimum Gasteiger partial charge on any atom is -1.00 e. The Morgan fingerprint density at radius 2 is 0.833 bits per heavy atom. The summed E-state index contributed by atoms with van der Waals surface area (Å²) in [6.07, 6.45) is 13.0. The van der Waals surface area contributed by atoms with Gasteiger partial charge in [0.1, 0.15) is 0 Å². The van der Waals surface area contributed by atoms with Gasteiger partial charge in [-0.15, -0.1) is 12.8 Å². The van der Waals surface area contributed by atoms with Crippen LogP contribution in [0, 0.1) is 12.8 Å². The molecule has 0 atom stereocenters. The Kier molecular flexibility index (Phi) is 38.2. The van der Waals surface area contributed by atoms with Crippen LogP contribution in [0.25, 0.3) is 0 Å². The van der Waals surface area contributed by atoms with E-state index in [1.807, 2.05) is 0 Å². The average molecular weight is 319 g/mol. The minimum atomic E-state index is 0. The molecule has 1 saturated carbocycles. The van der Waals surface area contributed by atoms with Gasteiger partial charge in [0, 0.05) is 0 Å². The first kappa shape index (κ1) is 24.0. The summed E-state index contributed by atoms with van der Waals surface area (Å²) in [5.74, 6) is 0. The van der Waals surface area contributed by atoms with Crippen LogP contribution in [0.4, 0.5) is 0 Å². The summed E-state index contributed by atoms with van der Waals surface area (Å²) in [5.41, 5.74) is 0. The van der Waals surface area contributed by atoms with Crippen molar-refractivity contribution in [2.75, 3.05) is 0 Å². The van der Waals surface area contributed by atoms with Crippen molar-refractivity contribution < 1.29 is 34.0 Å². The summed E-state index contributed by atoms with van der Waals surface area (Å²) in [6.45, 7) is 0. The van der Waals surface area contributed by atoms with Gasteiger partial charge in [-0.2, -0.15) is 25.7 Å². The monoisotopic (exact) mass is 316 g/mol. The van der Waals surface area contributed by atoms with Crippen LogP contribution in [0.3, 0.4) is 0 Å². The van der Waals surface area contributed by atoms with Crippen LogP contribution in [-0.2, 0) is 0 Å². The van der Waals surface area contributed by atoms with E-state index in [9.17, 15) is 0 Å². The number of hydrogen-bond acceptors (Lipinski definition) is 0. The SMILES string of the molecule is [Br-].[Br-].[CH-]1CCC[CH-]CCC1.[Mg+2].[Mg+2]. The first-order valence-corrected chi connectivity index (χ1v) is 3.63. The molecule has 0 amide bonds. The van der Waals surface area contributed by atoms with Crippen LogP contribution in [-0.4, -0.2) is 46.1 Å². The molecule has 1 fully saturated rings. The van der Waals surface area contributed by atoms with Crippen molar-refractivity contribution in [1.82, 2.24) is 0 Å². The van der Waals surface area contributed by atoms with Crippen LogP contribution in [0.15, 0.2) is 0 Å². The zero-order chi connectivity index (χ0) is 5.66. The van der Waals surface area contributed by atoms with Gasteiger partial charge in [-0.1, -0.05) is 0 Å². The third-order valence-corrected chi connectivity index (χ3v) is 1.63. The second kappa shape index (κ2) is 19.1. The molecule has 0 aliphatic heterocycles. The standard InChI is InChI=1S/C8H14.2BrH.2Mg/c1-2-4-6-8-7-5-3-1;;;;/h1,8H,2-7H2;2*1H;;/q-2;;;2*+2/p-2. The number of halogens is 2. The van der Waals surface area contributed by atoms with Crippen LogP contribution in [0.5, 0.6) is 0 Å². The van der Waals surface area contributed by atoms with Crippen molar-refractivity contribution in [3.63, 3.8) is 0 Å². The van der Waals surface area contributed by atoms with Gasteiger partial charge in [-0.05, 0) is 0 Å². The fourth-order valence-electron chi connectivity index (χ4n) is 1.10. The number of rotatable bonds is 0. The minimum absolute atomic E-state index is 0. The van der Waals surface area contributed by atoms with Crippen molar-refractivity contribution in [3.05, 3.63) is 12.8 Å². The Labute approximate surface area is 130 Å². The van der Waals surface area contributed by atoms with Crippen molar-refractivity contribution >= 4 is 46.1 Å². The molecule has 0 saturated heterocycles. The van der Waals surface area contributed by atoms with E-state index in [-0.39, 0.29) is 80.1 Å². The van der Waals surface area contributed by atoms with E-state index in [1.54, 1.807) is 0 Å². The van der Waals surface area contributed by atoms with Gasteiger partial charge >= 0.3 is 46.1 Å². The molecular formula is C8H14Br2Mg2. The van der Waals surface area contributed by atoms with Gasteiger partial charge in [0.2, 0.25) is 0 Å². The summed E-state index contributed by atoms with van der Waals surface area (Å²) in [7, 11) is 0. The van der Waals surface area contributed by atoms with E-state index in [4.69, 9.17) is 0 Å². The van der Waals surface area contributed by atoms with Gasteiger partial charge < -0.3 is 46.8 Å². The zero-order valence-corrected chi connectivity index (χ0v) is 13.6. The Morgan fingerprint density at radius 3 is 1.08 bits per heavy atom. The molecule has 4 heteroatoms. The summed E-state index contributed by atoms with van der Waals surface area (Å²) >= 11 is 0. The third-order valence-electron chi connectivity index (χ3n) is 1.63. The van der Waals surface area contributed by atoms with Crippen LogP contribution < -0.4 is 34.0 Å². The molecule has 0 spiro atoms. The molecule has 12 heavy (non-hydrogen) atoms. The Hall–Kier alpha value is 2.49. The summed E-state index contributed by atoms with van der Waals surface area (Å²) in [6, 6.07) is 0. The predicted molar refractivity (Wildman–Crippen MR) is 47.8 cm³/mol. The van der Waals surface area contributed by atoms with E-state index < -0.39 is 0 Å². The normalized spacial score (nSPS) is 16.0. The molecular weight excluding hydrogens is 305 g/mol. The van der Waals surface area contributed by atoms with Gasteiger partial charge in [0.05, 0.1) is 0 Å². The first-order valence-electron chi connectivity index (χ1n) is 3.63. The zero-order valence-electron chi connectivity index (χ0n) is 7.57. The Bertz CT molecular complexity index is 39.0.